The van der Waals surface area contributed by atoms with Crippen molar-refractivity contribution in [3.05, 3.63) is 42.1 Å². The molecule has 1 aliphatic rings. The lowest BCUT2D eigenvalue weighted by atomic mass is 10.2. The minimum Gasteiger partial charge on any atom is -0.310 e. The van der Waals surface area contributed by atoms with Crippen LogP contribution in [-0.4, -0.2) is 41.6 Å². The van der Waals surface area contributed by atoms with Gasteiger partial charge in [-0.15, -0.1) is 5.10 Å². The number of anilines is 1. The van der Waals surface area contributed by atoms with Crippen LogP contribution in [0.5, 0.6) is 0 Å². The minimum atomic E-state index is -0.0981. The number of tetrazole rings is 1. The van der Waals surface area contributed by atoms with E-state index in [0.29, 0.717) is 11.2 Å². The third-order valence-corrected chi connectivity index (χ3v) is 5.64. The van der Waals surface area contributed by atoms with Crippen LogP contribution in [0.1, 0.15) is 37.3 Å². The number of aromatic nitrogens is 6. The normalized spacial score (nSPS) is 14.6. The van der Waals surface area contributed by atoms with E-state index in [2.05, 4.69) is 25.9 Å². The van der Waals surface area contributed by atoms with Crippen LogP contribution in [0.2, 0.25) is 0 Å². The summed E-state index contributed by atoms with van der Waals surface area (Å²) in [6.45, 7) is 2.00. The lowest BCUT2D eigenvalue weighted by molar-refractivity contribution is -0.113. The van der Waals surface area contributed by atoms with Gasteiger partial charge in [-0.2, -0.15) is 9.78 Å². The second-order valence-corrected chi connectivity index (χ2v) is 7.54. The zero-order valence-electron chi connectivity index (χ0n) is 15.1. The van der Waals surface area contributed by atoms with E-state index in [-0.39, 0.29) is 11.7 Å². The van der Waals surface area contributed by atoms with Crippen LogP contribution in [0.15, 0.2) is 41.7 Å². The number of nitrogens with one attached hydrogen (secondary N) is 1. The molecule has 1 aliphatic carbocycles. The fraction of sp³-hybridized carbons (Fsp3) is 0.389. The van der Waals surface area contributed by atoms with Crippen LogP contribution in [0.4, 0.5) is 5.82 Å². The summed E-state index contributed by atoms with van der Waals surface area (Å²) in [4.78, 5) is 12.4. The number of amides is 1. The second kappa shape index (κ2) is 7.91. The molecule has 2 aromatic heterocycles. The molecule has 1 aromatic carbocycles. The fourth-order valence-electron chi connectivity index (χ4n) is 3.38. The summed E-state index contributed by atoms with van der Waals surface area (Å²) in [7, 11) is 0. The van der Waals surface area contributed by atoms with Crippen LogP contribution in [0.3, 0.4) is 0 Å². The highest BCUT2D eigenvalue weighted by Gasteiger charge is 2.21. The van der Waals surface area contributed by atoms with Crippen molar-refractivity contribution in [1.29, 1.82) is 0 Å². The van der Waals surface area contributed by atoms with Crippen molar-refractivity contribution in [1.82, 2.24) is 30.0 Å². The molecule has 0 aliphatic heterocycles. The summed E-state index contributed by atoms with van der Waals surface area (Å²) < 4.78 is 3.60. The zero-order chi connectivity index (χ0) is 18.6. The van der Waals surface area contributed by atoms with Gasteiger partial charge in [0.1, 0.15) is 5.82 Å². The number of aryl methyl sites for hydroxylation is 1. The third kappa shape index (κ3) is 3.87. The first kappa shape index (κ1) is 17.7. The van der Waals surface area contributed by atoms with Gasteiger partial charge in [0, 0.05) is 6.07 Å². The quantitative estimate of drug-likeness (QED) is 0.658. The van der Waals surface area contributed by atoms with Crippen molar-refractivity contribution in [2.24, 2.45) is 0 Å². The Hall–Kier alpha value is -2.68. The van der Waals surface area contributed by atoms with Crippen LogP contribution in [-0.2, 0) is 4.79 Å². The number of para-hydroxylation sites is 1. The molecule has 1 amide bonds. The molecule has 1 N–H and O–H groups in total. The van der Waals surface area contributed by atoms with Gasteiger partial charge in [0.25, 0.3) is 0 Å². The smallest absolute Gasteiger partial charge is 0.235 e. The largest absolute Gasteiger partial charge is 0.310 e. The van der Waals surface area contributed by atoms with Crippen LogP contribution in [0, 0.1) is 6.92 Å². The number of rotatable bonds is 6. The number of carbonyl (C=O) groups excluding carboxylic acids is 1. The van der Waals surface area contributed by atoms with Crippen molar-refractivity contribution in [3.8, 4) is 5.69 Å². The Morgan fingerprint density at radius 2 is 2.07 bits per heavy atom. The van der Waals surface area contributed by atoms with E-state index in [1.807, 2.05) is 41.9 Å². The van der Waals surface area contributed by atoms with E-state index in [4.69, 9.17) is 0 Å². The first-order chi connectivity index (χ1) is 13.2. The van der Waals surface area contributed by atoms with E-state index < -0.39 is 0 Å². The Bertz CT molecular complexity index is 929. The lowest BCUT2D eigenvalue weighted by Crippen LogP contribution is -2.19. The maximum Gasteiger partial charge on any atom is 0.235 e. The van der Waals surface area contributed by atoms with Crippen LogP contribution in [0.25, 0.3) is 5.69 Å². The second-order valence-electron chi connectivity index (χ2n) is 6.60. The van der Waals surface area contributed by atoms with E-state index in [0.717, 1.165) is 29.9 Å². The Labute approximate surface area is 161 Å². The maximum atomic E-state index is 12.4. The molecule has 2 heterocycles. The Morgan fingerprint density at radius 3 is 2.89 bits per heavy atom. The van der Waals surface area contributed by atoms with Gasteiger partial charge in [0.05, 0.1) is 23.7 Å². The van der Waals surface area contributed by atoms with E-state index in [1.54, 1.807) is 10.9 Å². The lowest BCUT2D eigenvalue weighted by Gasteiger charge is -2.14. The number of thioether (sulfide) groups is 1. The van der Waals surface area contributed by atoms with Crippen LogP contribution < -0.4 is 5.32 Å². The average molecular weight is 383 g/mol. The third-order valence-electron chi connectivity index (χ3n) is 4.73. The molecule has 4 rings (SSSR count). The maximum absolute atomic E-state index is 12.4. The highest BCUT2D eigenvalue weighted by atomic mass is 32.2. The molecule has 0 saturated heterocycles. The van der Waals surface area contributed by atoms with Crippen molar-refractivity contribution < 1.29 is 4.79 Å². The molecule has 0 radical (unpaired) electrons. The van der Waals surface area contributed by atoms with Gasteiger partial charge in [0.2, 0.25) is 11.1 Å². The highest BCUT2D eigenvalue weighted by Crippen LogP contribution is 2.31. The first-order valence-electron chi connectivity index (χ1n) is 9.03. The van der Waals surface area contributed by atoms with Gasteiger partial charge in [-0.25, -0.2) is 4.68 Å². The fourth-order valence-corrected chi connectivity index (χ4v) is 4.07. The summed E-state index contributed by atoms with van der Waals surface area (Å²) in [5.74, 6) is 0.882. The average Bonchev–Trinajstić information content (AvgIpc) is 3.41. The minimum absolute atomic E-state index is 0.0981. The first-order valence-corrected chi connectivity index (χ1v) is 10.0. The standard InChI is InChI=1S/C18H21N7OS/c1-13-6-2-5-9-15(13)25-18(21-22-23-25)27-12-17(26)20-16-10-11-19-24(16)14-7-3-4-8-14/h2,5-6,9-11,14H,3-4,7-8,12H2,1H3,(H,20,26). The van der Waals surface area contributed by atoms with Gasteiger partial charge in [-0.1, -0.05) is 42.8 Å². The zero-order valence-corrected chi connectivity index (χ0v) is 15.9. The molecular weight excluding hydrogens is 362 g/mol. The van der Waals surface area contributed by atoms with Gasteiger partial charge in [-0.05, 0) is 41.8 Å². The summed E-state index contributed by atoms with van der Waals surface area (Å²) in [5, 5.41) is 19.8. The van der Waals surface area contributed by atoms with Crippen LogP contribution >= 0.6 is 11.8 Å². The molecule has 140 valence electrons. The van der Waals surface area contributed by atoms with Crippen molar-refractivity contribution in [2.45, 2.75) is 43.8 Å². The molecule has 0 bridgehead atoms. The highest BCUT2D eigenvalue weighted by molar-refractivity contribution is 7.99. The molecular formula is C18H21N7OS. The van der Waals surface area contributed by atoms with Gasteiger partial charge < -0.3 is 5.32 Å². The molecule has 27 heavy (non-hydrogen) atoms. The predicted molar refractivity (Wildman–Crippen MR) is 103 cm³/mol. The molecule has 9 heteroatoms. The van der Waals surface area contributed by atoms with Gasteiger partial charge in [-0.3, -0.25) is 4.79 Å². The SMILES string of the molecule is Cc1ccccc1-n1nnnc1SCC(=O)Nc1ccnn1C1CCCC1. The number of hydrogen-bond donors (Lipinski definition) is 1. The molecule has 8 nitrogen and oxygen atoms in total. The monoisotopic (exact) mass is 383 g/mol. The van der Waals surface area contributed by atoms with Crippen molar-refractivity contribution >= 4 is 23.5 Å². The molecule has 3 aromatic rings. The van der Waals surface area contributed by atoms with Crippen molar-refractivity contribution in [3.63, 3.8) is 0 Å². The number of carbonyl (C=O) groups is 1. The summed E-state index contributed by atoms with van der Waals surface area (Å²) >= 11 is 1.31. The predicted octanol–water partition coefficient (Wildman–Crippen LogP) is 3.01. The Balaban J connectivity index is 1.41. The number of nitrogens with zero attached hydrogens (tertiary/aromatic N) is 6. The summed E-state index contributed by atoms with van der Waals surface area (Å²) in [6.07, 6.45) is 6.40. The molecule has 1 fully saturated rings. The molecule has 0 atom stereocenters. The molecule has 0 unspecified atom stereocenters. The Morgan fingerprint density at radius 1 is 1.26 bits per heavy atom. The topological polar surface area (TPSA) is 90.5 Å². The van der Waals surface area contributed by atoms with Gasteiger partial charge >= 0.3 is 0 Å². The summed E-state index contributed by atoms with van der Waals surface area (Å²) in [6, 6.07) is 10.1. The number of benzene rings is 1. The summed E-state index contributed by atoms with van der Waals surface area (Å²) in [5.41, 5.74) is 1.97. The molecule has 1 saturated carbocycles. The van der Waals surface area contributed by atoms with Gasteiger partial charge in [0.15, 0.2) is 0 Å². The van der Waals surface area contributed by atoms with E-state index in [9.17, 15) is 4.79 Å². The molecule has 0 spiro atoms. The van der Waals surface area contributed by atoms with Crippen molar-refractivity contribution in [2.75, 3.05) is 11.1 Å². The van der Waals surface area contributed by atoms with E-state index >= 15 is 0 Å². The Kier molecular flexibility index (Phi) is 5.19. The number of hydrogen-bond acceptors (Lipinski definition) is 6. The van der Waals surface area contributed by atoms with E-state index in [1.165, 1.54) is 24.6 Å².